The molecule has 8 nitrogen and oxygen atoms in total. The smallest absolute Gasteiger partial charge is 0.159 e. The molecule has 0 radical (unpaired) electrons. The van der Waals surface area contributed by atoms with Crippen LogP contribution in [0.4, 0.5) is 0 Å². The van der Waals surface area contributed by atoms with Crippen molar-refractivity contribution in [2.24, 2.45) is 7.05 Å². The molecule has 8 heteroatoms. The van der Waals surface area contributed by atoms with E-state index in [9.17, 15) is 0 Å². The molecular formula is C25H20N8. The lowest BCUT2D eigenvalue weighted by Gasteiger charge is -2.10. The lowest BCUT2D eigenvalue weighted by atomic mass is 10.0. The van der Waals surface area contributed by atoms with Crippen molar-refractivity contribution >= 4 is 21.9 Å². The van der Waals surface area contributed by atoms with Gasteiger partial charge in [-0.05, 0) is 34.9 Å². The van der Waals surface area contributed by atoms with Crippen molar-refractivity contribution < 1.29 is 0 Å². The third-order valence-corrected chi connectivity index (χ3v) is 6.41. The molecular weight excluding hydrogens is 412 g/mol. The van der Waals surface area contributed by atoms with Gasteiger partial charge in [-0.25, -0.2) is 4.98 Å². The van der Waals surface area contributed by atoms with E-state index in [1.807, 2.05) is 30.3 Å². The van der Waals surface area contributed by atoms with E-state index >= 15 is 0 Å². The largest absolute Gasteiger partial charge is 0.335 e. The van der Waals surface area contributed by atoms with Crippen LogP contribution in [-0.2, 0) is 20.1 Å². The Labute approximate surface area is 188 Å². The maximum atomic E-state index is 4.97. The minimum absolute atomic E-state index is 0.711. The molecule has 7 rings (SSSR count). The minimum atomic E-state index is 0.711. The van der Waals surface area contributed by atoms with Crippen LogP contribution in [0.25, 0.3) is 55.7 Å². The predicted octanol–water partition coefficient (Wildman–Crippen LogP) is 4.17. The number of aryl methyl sites for hydroxylation is 1. The van der Waals surface area contributed by atoms with E-state index in [1.165, 1.54) is 5.56 Å². The standard InChI is InChI=1S/C25H20N8/c1-33-22-13-26-9-14-3-2-4-15(7-14)19-10-27-12-21-23(19)30-25(29-21)24-17-8-16(18(22)11-28-33)5-6-20(17)31-32-24/h2-8,10-12,26H,9,13H2,1H3,(H,29,30)(H,31,32). The van der Waals surface area contributed by atoms with E-state index in [0.717, 1.165) is 67.9 Å². The van der Waals surface area contributed by atoms with Gasteiger partial charge in [-0.3, -0.25) is 14.8 Å². The first-order chi connectivity index (χ1) is 16.2. The first kappa shape index (κ1) is 18.3. The van der Waals surface area contributed by atoms with Gasteiger partial charge in [-0.1, -0.05) is 24.3 Å². The molecule has 1 aliphatic rings. The van der Waals surface area contributed by atoms with E-state index < -0.39 is 0 Å². The third kappa shape index (κ3) is 2.81. The molecule has 4 aromatic heterocycles. The Morgan fingerprint density at radius 2 is 1.85 bits per heavy atom. The molecule has 0 atom stereocenters. The summed E-state index contributed by atoms with van der Waals surface area (Å²) in [6, 6.07) is 14.9. The van der Waals surface area contributed by atoms with Gasteiger partial charge < -0.3 is 10.3 Å². The number of aromatic nitrogens is 7. The van der Waals surface area contributed by atoms with E-state index in [0.29, 0.717) is 6.54 Å². The average molecular weight is 432 g/mol. The van der Waals surface area contributed by atoms with Crippen LogP contribution in [0.5, 0.6) is 0 Å². The molecule has 6 aromatic rings. The van der Waals surface area contributed by atoms with Crippen molar-refractivity contribution in [3.8, 4) is 33.8 Å². The van der Waals surface area contributed by atoms with Gasteiger partial charge in [0.1, 0.15) is 5.69 Å². The van der Waals surface area contributed by atoms with E-state index in [4.69, 9.17) is 4.98 Å². The lowest BCUT2D eigenvalue weighted by Crippen LogP contribution is -2.16. The highest BCUT2D eigenvalue weighted by Crippen LogP contribution is 2.34. The molecule has 0 unspecified atom stereocenters. The van der Waals surface area contributed by atoms with Gasteiger partial charge in [-0.2, -0.15) is 10.2 Å². The number of imidazole rings is 1. The summed E-state index contributed by atoms with van der Waals surface area (Å²) in [5.74, 6) is 0.721. The lowest BCUT2D eigenvalue weighted by molar-refractivity contribution is 0.627. The van der Waals surface area contributed by atoms with Crippen molar-refractivity contribution in [2.45, 2.75) is 13.1 Å². The van der Waals surface area contributed by atoms with Gasteiger partial charge in [0.25, 0.3) is 0 Å². The van der Waals surface area contributed by atoms with E-state index in [2.05, 4.69) is 73.0 Å². The average Bonchev–Trinajstić information content (AvgIpc) is 3.54. The molecule has 0 spiro atoms. The fourth-order valence-electron chi connectivity index (χ4n) is 4.71. The Morgan fingerprint density at radius 1 is 0.909 bits per heavy atom. The van der Waals surface area contributed by atoms with Crippen LogP contribution in [-0.4, -0.2) is 34.9 Å². The molecule has 5 heterocycles. The van der Waals surface area contributed by atoms with Crippen LogP contribution in [0.2, 0.25) is 0 Å². The number of benzene rings is 2. The quantitative estimate of drug-likeness (QED) is 0.334. The van der Waals surface area contributed by atoms with Gasteiger partial charge in [-0.15, -0.1) is 0 Å². The highest BCUT2D eigenvalue weighted by Gasteiger charge is 2.18. The topological polar surface area (TPSA) is 100 Å². The zero-order valence-electron chi connectivity index (χ0n) is 17.9. The zero-order valence-corrected chi connectivity index (χ0v) is 17.9. The second kappa shape index (κ2) is 6.85. The monoisotopic (exact) mass is 432 g/mol. The number of hydrogen-bond acceptors (Lipinski definition) is 5. The van der Waals surface area contributed by atoms with Gasteiger partial charge >= 0.3 is 0 Å². The minimum Gasteiger partial charge on any atom is -0.335 e. The van der Waals surface area contributed by atoms with E-state index in [-0.39, 0.29) is 0 Å². The molecule has 160 valence electrons. The fraction of sp³-hybridized carbons (Fsp3) is 0.120. The number of fused-ring (bicyclic) bond motifs is 8. The van der Waals surface area contributed by atoms with Crippen molar-refractivity contribution in [3.63, 3.8) is 0 Å². The molecule has 0 saturated heterocycles. The second-order valence-corrected chi connectivity index (χ2v) is 8.43. The molecule has 0 amide bonds. The van der Waals surface area contributed by atoms with Crippen LogP contribution in [0, 0.1) is 0 Å². The zero-order chi connectivity index (χ0) is 21.9. The summed E-state index contributed by atoms with van der Waals surface area (Å²) in [5.41, 5.74) is 10.2. The summed E-state index contributed by atoms with van der Waals surface area (Å²) < 4.78 is 1.94. The summed E-state index contributed by atoms with van der Waals surface area (Å²) in [7, 11) is 1.99. The maximum absolute atomic E-state index is 4.97. The number of hydrogen-bond donors (Lipinski definition) is 3. The van der Waals surface area contributed by atoms with Crippen LogP contribution in [0.15, 0.2) is 61.1 Å². The number of H-pyrrole nitrogens is 2. The molecule has 3 N–H and O–H groups in total. The van der Waals surface area contributed by atoms with Crippen molar-refractivity contribution in [1.29, 1.82) is 0 Å². The van der Waals surface area contributed by atoms with Crippen molar-refractivity contribution in [1.82, 2.24) is 40.2 Å². The van der Waals surface area contributed by atoms with Crippen LogP contribution in [0.1, 0.15) is 11.3 Å². The number of nitrogens with zero attached hydrogens (tertiary/aromatic N) is 5. The number of nitrogens with one attached hydrogen (secondary N) is 3. The predicted molar refractivity (Wildman–Crippen MR) is 127 cm³/mol. The van der Waals surface area contributed by atoms with Gasteiger partial charge in [0, 0.05) is 42.8 Å². The number of rotatable bonds is 0. The fourth-order valence-corrected chi connectivity index (χ4v) is 4.71. The molecule has 0 fully saturated rings. The maximum Gasteiger partial charge on any atom is 0.159 e. The third-order valence-electron chi connectivity index (χ3n) is 6.41. The van der Waals surface area contributed by atoms with Crippen LogP contribution in [0.3, 0.4) is 0 Å². The molecule has 2 aromatic carbocycles. The molecule has 1 aliphatic heterocycles. The molecule has 6 bridgehead atoms. The first-order valence-corrected chi connectivity index (χ1v) is 10.9. The molecule has 0 saturated carbocycles. The van der Waals surface area contributed by atoms with Crippen molar-refractivity contribution in [2.75, 3.05) is 0 Å². The van der Waals surface area contributed by atoms with Gasteiger partial charge in [0.05, 0.1) is 34.6 Å². The number of pyridine rings is 1. The second-order valence-electron chi connectivity index (χ2n) is 8.43. The molecule has 0 aliphatic carbocycles. The summed E-state index contributed by atoms with van der Waals surface area (Å²) in [6.45, 7) is 1.46. The highest BCUT2D eigenvalue weighted by atomic mass is 15.3. The Morgan fingerprint density at radius 3 is 2.82 bits per heavy atom. The van der Waals surface area contributed by atoms with E-state index in [1.54, 1.807) is 0 Å². The normalized spacial score (nSPS) is 13.2. The first-order valence-electron chi connectivity index (χ1n) is 10.9. The SMILES string of the molecule is Cn1ncc2c1CNCc1cccc(c1)-c1cncc3[nH]c(nc13)-c1n[nH]c3ccc-2cc13. The van der Waals surface area contributed by atoms with Gasteiger partial charge in [0.2, 0.25) is 0 Å². The van der Waals surface area contributed by atoms with Crippen LogP contribution >= 0.6 is 0 Å². The van der Waals surface area contributed by atoms with Crippen molar-refractivity contribution in [3.05, 3.63) is 72.3 Å². The Hall–Kier alpha value is -4.30. The Balaban J connectivity index is 1.53. The summed E-state index contributed by atoms with van der Waals surface area (Å²) in [4.78, 5) is 12.9. The summed E-state index contributed by atoms with van der Waals surface area (Å²) in [6.07, 6.45) is 5.63. The Kier molecular flexibility index (Phi) is 3.80. The van der Waals surface area contributed by atoms with Gasteiger partial charge in [0.15, 0.2) is 5.82 Å². The van der Waals surface area contributed by atoms with Crippen LogP contribution < -0.4 is 5.32 Å². The number of aromatic amines is 2. The summed E-state index contributed by atoms with van der Waals surface area (Å²) >= 11 is 0. The Bertz CT molecular complexity index is 1670. The highest BCUT2D eigenvalue weighted by molar-refractivity contribution is 5.98. The molecule has 33 heavy (non-hydrogen) atoms. The summed E-state index contributed by atoms with van der Waals surface area (Å²) in [5, 5.41) is 16.9.